The SMILES string of the molecule is Cc1ccc(C(C)C)c(OCC(=O)N/N=C\c2ccc(OC(=O)c3cccc4ccccc34)cc2)c1. The minimum absolute atomic E-state index is 0.135. The van der Waals surface area contributed by atoms with Gasteiger partial charge in [-0.25, -0.2) is 10.2 Å². The summed E-state index contributed by atoms with van der Waals surface area (Å²) in [6, 6.07) is 26.1. The minimum atomic E-state index is -0.422. The molecule has 4 aromatic rings. The number of amides is 1. The van der Waals surface area contributed by atoms with E-state index in [1.54, 1.807) is 30.3 Å². The molecule has 1 amide bonds. The van der Waals surface area contributed by atoms with Gasteiger partial charge in [0.2, 0.25) is 0 Å². The zero-order valence-electron chi connectivity index (χ0n) is 20.5. The zero-order valence-corrected chi connectivity index (χ0v) is 20.5. The second kappa shape index (κ2) is 11.3. The molecule has 0 aromatic heterocycles. The number of carbonyl (C=O) groups excluding carboxylic acids is 2. The maximum Gasteiger partial charge on any atom is 0.344 e. The second-order valence-corrected chi connectivity index (χ2v) is 8.76. The summed E-state index contributed by atoms with van der Waals surface area (Å²) in [6.07, 6.45) is 1.51. The Morgan fingerprint density at radius 2 is 1.69 bits per heavy atom. The van der Waals surface area contributed by atoms with Crippen LogP contribution in [0.2, 0.25) is 0 Å². The van der Waals surface area contributed by atoms with E-state index in [0.717, 1.165) is 27.5 Å². The van der Waals surface area contributed by atoms with Crippen LogP contribution in [-0.4, -0.2) is 24.7 Å². The largest absolute Gasteiger partial charge is 0.483 e. The number of benzene rings is 4. The summed E-state index contributed by atoms with van der Waals surface area (Å²) in [7, 11) is 0. The number of rotatable bonds is 8. The monoisotopic (exact) mass is 480 g/mol. The minimum Gasteiger partial charge on any atom is -0.483 e. The molecule has 4 rings (SSSR count). The molecule has 6 heteroatoms. The van der Waals surface area contributed by atoms with Crippen LogP contribution < -0.4 is 14.9 Å². The topological polar surface area (TPSA) is 77.0 Å². The van der Waals surface area contributed by atoms with E-state index >= 15 is 0 Å². The molecule has 0 aliphatic heterocycles. The van der Waals surface area contributed by atoms with Crippen LogP contribution in [0.3, 0.4) is 0 Å². The Bertz CT molecular complexity index is 1400. The van der Waals surface area contributed by atoms with Gasteiger partial charge in [0.25, 0.3) is 5.91 Å². The highest BCUT2D eigenvalue weighted by atomic mass is 16.5. The standard InChI is InChI=1S/C30H28N2O4/c1-20(2)25-16-11-21(3)17-28(25)35-19-29(33)32-31-18-22-12-14-24(15-13-22)36-30(34)27-10-6-8-23-7-4-5-9-26(23)27/h4-18,20H,19H2,1-3H3,(H,32,33)/b31-18-. The molecule has 0 spiro atoms. The average molecular weight is 481 g/mol. The van der Waals surface area contributed by atoms with Crippen LogP contribution in [0.25, 0.3) is 10.8 Å². The maximum atomic E-state index is 12.7. The third-order valence-electron chi connectivity index (χ3n) is 5.65. The number of carbonyl (C=O) groups is 2. The fourth-order valence-corrected chi connectivity index (χ4v) is 3.79. The molecule has 0 atom stereocenters. The van der Waals surface area contributed by atoms with E-state index in [1.807, 2.05) is 61.5 Å². The van der Waals surface area contributed by atoms with Crippen molar-refractivity contribution in [1.82, 2.24) is 5.43 Å². The number of hydrazone groups is 1. The van der Waals surface area contributed by atoms with Crippen molar-refractivity contribution in [3.8, 4) is 11.5 Å². The number of esters is 1. The molecule has 0 saturated carbocycles. The van der Waals surface area contributed by atoms with E-state index < -0.39 is 5.97 Å². The highest BCUT2D eigenvalue weighted by Gasteiger charge is 2.12. The van der Waals surface area contributed by atoms with Crippen molar-refractivity contribution >= 4 is 28.9 Å². The molecular weight excluding hydrogens is 452 g/mol. The van der Waals surface area contributed by atoms with Crippen molar-refractivity contribution in [1.29, 1.82) is 0 Å². The fourth-order valence-electron chi connectivity index (χ4n) is 3.79. The van der Waals surface area contributed by atoms with E-state index in [1.165, 1.54) is 6.21 Å². The first kappa shape index (κ1) is 24.7. The quantitative estimate of drug-likeness (QED) is 0.145. The molecule has 0 radical (unpaired) electrons. The zero-order chi connectivity index (χ0) is 25.5. The van der Waals surface area contributed by atoms with Crippen molar-refractivity contribution in [2.24, 2.45) is 5.10 Å². The number of ether oxygens (including phenoxy) is 2. The van der Waals surface area contributed by atoms with Gasteiger partial charge in [0.15, 0.2) is 6.61 Å². The smallest absolute Gasteiger partial charge is 0.344 e. The van der Waals surface area contributed by atoms with Gasteiger partial charge in [0.1, 0.15) is 11.5 Å². The van der Waals surface area contributed by atoms with Crippen molar-refractivity contribution in [3.05, 3.63) is 107 Å². The van der Waals surface area contributed by atoms with Gasteiger partial charge >= 0.3 is 5.97 Å². The number of hydrogen-bond acceptors (Lipinski definition) is 5. The summed E-state index contributed by atoms with van der Waals surface area (Å²) < 4.78 is 11.3. The molecule has 4 aromatic carbocycles. The Morgan fingerprint density at radius 1 is 0.944 bits per heavy atom. The summed E-state index contributed by atoms with van der Waals surface area (Å²) in [5.41, 5.74) is 5.84. The Balaban J connectivity index is 1.31. The maximum absolute atomic E-state index is 12.7. The number of aryl methyl sites for hydroxylation is 1. The van der Waals surface area contributed by atoms with Gasteiger partial charge in [0.05, 0.1) is 11.8 Å². The third kappa shape index (κ3) is 6.16. The van der Waals surface area contributed by atoms with Crippen LogP contribution >= 0.6 is 0 Å². The van der Waals surface area contributed by atoms with Crippen LogP contribution in [0.4, 0.5) is 0 Å². The number of fused-ring (bicyclic) bond motifs is 1. The van der Waals surface area contributed by atoms with Crippen LogP contribution in [0.5, 0.6) is 11.5 Å². The molecule has 0 saturated heterocycles. The number of nitrogens with zero attached hydrogens (tertiary/aromatic N) is 1. The van der Waals surface area contributed by atoms with Crippen LogP contribution in [0.15, 0.2) is 90.0 Å². The van der Waals surface area contributed by atoms with Crippen LogP contribution in [0.1, 0.15) is 46.8 Å². The van der Waals surface area contributed by atoms with E-state index in [9.17, 15) is 9.59 Å². The molecule has 0 unspecified atom stereocenters. The predicted molar refractivity (Wildman–Crippen MR) is 142 cm³/mol. The van der Waals surface area contributed by atoms with E-state index in [-0.39, 0.29) is 18.4 Å². The Kier molecular flexibility index (Phi) is 7.75. The third-order valence-corrected chi connectivity index (χ3v) is 5.65. The molecule has 36 heavy (non-hydrogen) atoms. The fraction of sp³-hybridized carbons (Fsp3) is 0.167. The Morgan fingerprint density at radius 3 is 2.47 bits per heavy atom. The molecule has 0 aliphatic carbocycles. The van der Waals surface area contributed by atoms with Crippen molar-refractivity contribution in [2.45, 2.75) is 26.7 Å². The molecule has 6 nitrogen and oxygen atoms in total. The summed E-state index contributed by atoms with van der Waals surface area (Å²) in [6.45, 7) is 6.01. The lowest BCUT2D eigenvalue weighted by Gasteiger charge is -2.14. The molecule has 0 aliphatic rings. The summed E-state index contributed by atoms with van der Waals surface area (Å²) in [4.78, 5) is 24.9. The van der Waals surface area contributed by atoms with Gasteiger partial charge < -0.3 is 9.47 Å². The normalized spacial score (nSPS) is 11.1. The predicted octanol–water partition coefficient (Wildman–Crippen LogP) is 6.02. The van der Waals surface area contributed by atoms with Gasteiger partial charge in [-0.3, -0.25) is 4.79 Å². The molecule has 182 valence electrons. The lowest BCUT2D eigenvalue weighted by atomic mass is 10.0. The molecule has 0 fully saturated rings. The second-order valence-electron chi connectivity index (χ2n) is 8.76. The van der Waals surface area contributed by atoms with Crippen molar-refractivity contribution < 1.29 is 19.1 Å². The summed E-state index contributed by atoms with van der Waals surface area (Å²) in [5, 5.41) is 5.81. The van der Waals surface area contributed by atoms with Gasteiger partial charge in [0, 0.05) is 0 Å². The van der Waals surface area contributed by atoms with E-state index in [0.29, 0.717) is 17.1 Å². The Labute approximate surface area is 210 Å². The van der Waals surface area contributed by atoms with Crippen molar-refractivity contribution in [2.75, 3.05) is 6.61 Å². The Hall–Kier alpha value is -4.45. The van der Waals surface area contributed by atoms with Crippen LogP contribution in [-0.2, 0) is 4.79 Å². The molecule has 1 N–H and O–H groups in total. The van der Waals surface area contributed by atoms with E-state index in [2.05, 4.69) is 24.4 Å². The van der Waals surface area contributed by atoms with Gasteiger partial charge in [-0.2, -0.15) is 5.10 Å². The van der Waals surface area contributed by atoms with Gasteiger partial charge in [-0.1, -0.05) is 62.4 Å². The highest BCUT2D eigenvalue weighted by Crippen LogP contribution is 2.27. The number of hydrogen-bond donors (Lipinski definition) is 1. The molecular formula is C30H28N2O4. The highest BCUT2D eigenvalue weighted by molar-refractivity contribution is 6.05. The first-order valence-corrected chi connectivity index (χ1v) is 11.8. The van der Waals surface area contributed by atoms with Crippen molar-refractivity contribution in [3.63, 3.8) is 0 Å². The van der Waals surface area contributed by atoms with Crippen LogP contribution in [0, 0.1) is 6.92 Å². The summed E-state index contributed by atoms with van der Waals surface area (Å²) >= 11 is 0. The van der Waals surface area contributed by atoms with Gasteiger partial charge in [-0.15, -0.1) is 0 Å². The summed E-state index contributed by atoms with van der Waals surface area (Å²) in [5.74, 6) is 0.633. The first-order valence-electron chi connectivity index (χ1n) is 11.8. The van der Waals surface area contributed by atoms with E-state index in [4.69, 9.17) is 9.47 Å². The number of nitrogens with one attached hydrogen (secondary N) is 1. The van der Waals surface area contributed by atoms with Gasteiger partial charge in [-0.05, 0) is 76.7 Å². The lowest BCUT2D eigenvalue weighted by Crippen LogP contribution is -2.25. The first-order chi connectivity index (χ1) is 17.4. The average Bonchev–Trinajstić information content (AvgIpc) is 2.88. The lowest BCUT2D eigenvalue weighted by molar-refractivity contribution is -0.123. The molecule has 0 heterocycles. The molecule has 0 bridgehead atoms.